The first-order valence-corrected chi connectivity index (χ1v) is 5.80. The van der Waals surface area contributed by atoms with Crippen LogP contribution >= 0.6 is 0 Å². The molecule has 0 amide bonds. The number of nitrogens with zero attached hydrogens (tertiary/aromatic N) is 3. The van der Waals surface area contributed by atoms with Crippen molar-refractivity contribution in [3.8, 4) is 5.69 Å². The molecule has 2 aromatic rings. The van der Waals surface area contributed by atoms with Crippen LogP contribution in [0.1, 0.15) is 18.2 Å². The predicted molar refractivity (Wildman–Crippen MR) is 63.7 cm³/mol. The summed E-state index contributed by atoms with van der Waals surface area (Å²) in [6.07, 6.45) is -2.83. The van der Waals surface area contributed by atoms with Gasteiger partial charge in [0.1, 0.15) is 0 Å². The van der Waals surface area contributed by atoms with Gasteiger partial charge >= 0.3 is 6.18 Å². The van der Waals surface area contributed by atoms with Crippen molar-refractivity contribution in [3.63, 3.8) is 0 Å². The minimum absolute atomic E-state index is 0.289. The van der Waals surface area contributed by atoms with Crippen molar-refractivity contribution >= 4 is 0 Å². The molecule has 102 valence electrons. The molecular weight excluding hydrogens is 257 g/mol. The van der Waals surface area contributed by atoms with Gasteiger partial charge in [-0.25, -0.2) is 0 Å². The third kappa shape index (κ3) is 3.31. The van der Waals surface area contributed by atoms with Gasteiger partial charge in [0.2, 0.25) is 0 Å². The van der Waals surface area contributed by atoms with Gasteiger partial charge in [0.25, 0.3) is 0 Å². The molecule has 1 N–H and O–H groups in total. The summed E-state index contributed by atoms with van der Waals surface area (Å²) in [6.45, 7) is 3.28. The van der Waals surface area contributed by atoms with E-state index in [2.05, 4.69) is 15.5 Å². The lowest BCUT2D eigenvalue weighted by molar-refractivity contribution is -0.137. The van der Waals surface area contributed by atoms with Gasteiger partial charge in [-0.15, -0.1) is 0 Å². The molecule has 0 aliphatic carbocycles. The second-order valence-corrected chi connectivity index (χ2v) is 3.95. The van der Waals surface area contributed by atoms with Crippen molar-refractivity contribution in [3.05, 3.63) is 41.7 Å². The number of hydrogen-bond donors (Lipinski definition) is 1. The topological polar surface area (TPSA) is 42.7 Å². The summed E-state index contributed by atoms with van der Waals surface area (Å²) in [4.78, 5) is 1.20. The fourth-order valence-corrected chi connectivity index (χ4v) is 1.56. The summed E-state index contributed by atoms with van der Waals surface area (Å²) in [5, 5.41) is 11.1. The molecule has 0 atom stereocenters. The first-order valence-electron chi connectivity index (χ1n) is 5.80. The Labute approximate surface area is 108 Å². The standard InChI is InChI=1S/C12H13F3N4/c1-2-16-7-10-8-17-19(18-10)11-5-3-4-9(6-11)12(13,14)15/h3-6,8,16H,2,7H2,1H3. The zero-order valence-corrected chi connectivity index (χ0v) is 10.3. The Bertz CT molecular complexity index is 548. The van der Waals surface area contributed by atoms with E-state index in [1.807, 2.05) is 6.92 Å². The third-order valence-corrected chi connectivity index (χ3v) is 2.50. The summed E-state index contributed by atoms with van der Waals surface area (Å²) < 4.78 is 37.8. The fourth-order valence-electron chi connectivity index (χ4n) is 1.56. The Balaban J connectivity index is 2.24. The molecule has 19 heavy (non-hydrogen) atoms. The number of hydrogen-bond acceptors (Lipinski definition) is 3. The molecular formula is C12H13F3N4. The largest absolute Gasteiger partial charge is 0.416 e. The van der Waals surface area contributed by atoms with Crippen molar-refractivity contribution in [1.82, 2.24) is 20.3 Å². The molecule has 2 rings (SSSR count). The highest BCUT2D eigenvalue weighted by molar-refractivity contribution is 5.35. The van der Waals surface area contributed by atoms with Crippen LogP contribution in [0.5, 0.6) is 0 Å². The number of nitrogens with one attached hydrogen (secondary N) is 1. The van der Waals surface area contributed by atoms with Crippen molar-refractivity contribution in [2.45, 2.75) is 19.6 Å². The molecule has 0 bridgehead atoms. The molecule has 0 fully saturated rings. The second kappa shape index (κ2) is 5.40. The molecule has 0 spiro atoms. The van der Waals surface area contributed by atoms with E-state index in [1.165, 1.54) is 23.1 Å². The molecule has 0 saturated carbocycles. The van der Waals surface area contributed by atoms with Crippen molar-refractivity contribution in [2.75, 3.05) is 6.54 Å². The molecule has 0 radical (unpaired) electrons. The lowest BCUT2D eigenvalue weighted by Crippen LogP contribution is -2.12. The molecule has 0 aliphatic heterocycles. The Morgan fingerprint density at radius 1 is 1.32 bits per heavy atom. The SMILES string of the molecule is CCNCc1cnn(-c2cccc(C(F)(F)F)c2)n1. The Morgan fingerprint density at radius 2 is 2.11 bits per heavy atom. The Hall–Kier alpha value is -1.89. The molecule has 0 aliphatic rings. The highest BCUT2D eigenvalue weighted by atomic mass is 19.4. The van der Waals surface area contributed by atoms with Gasteiger partial charge in [-0.3, -0.25) is 0 Å². The van der Waals surface area contributed by atoms with E-state index in [1.54, 1.807) is 0 Å². The van der Waals surface area contributed by atoms with Crippen molar-refractivity contribution in [2.24, 2.45) is 0 Å². The van der Waals surface area contributed by atoms with E-state index < -0.39 is 11.7 Å². The van der Waals surface area contributed by atoms with Crippen LogP contribution in [-0.2, 0) is 12.7 Å². The van der Waals surface area contributed by atoms with Crippen LogP contribution in [0.25, 0.3) is 5.69 Å². The van der Waals surface area contributed by atoms with Crippen LogP contribution in [-0.4, -0.2) is 21.5 Å². The molecule has 1 heterocycles. The molecule has 0 saturated heterocycles. The lowest BCUT2D eigenvalue weighted by Gasteiger charge is -2.07. The first-order chi connectivity index (χ1) is 9.00. The van der Waals surface area contributed by atoms with Gasteiger partial charge in [0, 0.05) is 6.54 Å². The van der Waals surface area contributed by atoms with E-state index >= 15 is 0 Å². The first kappa shape index (κ1) is 13.5. The number of aromatic nitrogens is 3. The second-order valence-electron chi connectivity index (χ2n) is 3.95. The Kier molecular flexibility index (Phi) is 3.84. The highest BCUT2D eigenvalue weighted by Crippen LogP contribution is 2.29. The number of alkyl halides is 3. The normalized spacial score (nSPS) is 11.8. The zero-order valence-electron chi connectivity index (χ0n) is 10.3. The monoisotopic (exact) mass is 270 g/mol. The van der Waals surface area contributed by atoms with E-state index in [4.69, 9.17) is 0 Å². The summed E-state index contributed by atoms with van der Waals surface area (Å²) in [6, 6.07) is 4.92. The average molecular weight is 270 g/mol. The number of rotatable bonds is 4. The summed E-state index contributed by atoms with van der Waals surface area (Å²) in [5.74, 6) is 0. The maximum Gasteiger partial charge on any atom is 0.416 e. The van der Waals surface area contributed by atoms with Crippen molar-refractivity contribution in [1.29, 1.82) is 0 Å². The Morgan fingerprint density at radius 3 is 2.79 bits per heavy atom. The van der Waals surface area contributed by atoms with Gasteiger partial charge in [0.05, 0.1) is 23.1 Å². The molecule has 1 aromatic carbocycles. The van der Waals surface area contributed by atoms with E-state index in [9.17, 15) is 13.2 Å². The molecule has 7 heteroatoms. The lowest BCUT2D eigenvalue weighted by atomic mass is 10.2. The minimum Gasteiger partial charge on any atom is -0.311 e. The predicted octanol–water partition coefficient (Wildman–Crippen LogP) is 2.40. The van der Waals surface area contributed by atoms with E-state index in [0.29, 0.717) is 12.2 Å². The van der Waals surface area contributed by atoms with Crippen molar-refractivity contribution < 1.29 is 13.2 Å². The van der Waals surface area contributed by atoms with Gasteiger partial charge in [-0.2, -0.15) is 28.2 Å². The summed E-state index contributed by atoms with van der Waals surface area (Å²) in [7, 11) is 0. The van der Waals surface area contributed by atoms with Gasteiger partial charge in [-0.1, -0.05) is 13.0 Å². The molecule has 4 nitrogen and oxygen atoms in total. The van der Waals surface area contributed by atoms with Crippen LogP contribution < -0.4 is 5.32 Å². The van der Waals surface area contributed by atoms with Crippen LogP contribution in [0, 0.1) is 0 Å². The van der Waals surface area contributed by atoms with Crippen LogP contribution in [0.3, 0.4) is 0 Å². The zero-order chi connectivity index (χ0) is 13.9. The van der Waals surface area contributed by atoms with Crippen LogP contribution in [0.2, 0.25) is 0 Å². The maximum absolute atomic E-state index is 12.6. The maximum atomic E-state index is 12.6. The average Bonchev–Trinajstić information content (AvgIpc) is 2.84. The quantitative estimate of drug-likeness (QED) is 0.927. The summed E-state index contributed by atoms with van der Waals surface area (Å²) in [5.41, 5.74) is 0.257. The van der Waals surface area contributed by atoms with Gasteiger partial charge < -0.3 is 5.32 Å². The number of benzene rings is 1. The highest BCUT2D eigenvalue weighted by Gasteiger charge is 2.30. The van der Waals surface area contributed by atoms with Gasteiger partial charge in [-0.05, 0) is 24.7 Å². The van der Waals surface area contributed by atoms with E-state index in [0.717, 1.165) is 18.7 Å². The molecule has 1 aromatic heterocycles. The van der Waals surface area contributed by atoms with Crippen LogP contribution in [0.4, 0.5) is 13.2 Å². The third-order valence-electron chi connectivity index (χ3n) is 2.50. The fraction of sp³-hybridized carbons (Fsp3) is 0.333. The smallest absolute Gasteiger partial charge is 0.311 e. The molecule has 0 unspecified atom stereocenters. The van der Waals surface area contributed by atoms with Gasteiger partial charge in [0.15, 0.2) is 0 Å². The van der Waals surface area contributed by atoms with E-state index in [-0.39, 0.29) is 5.69 Å². The summed E-state index contributed by atoms with van der Waals surface area (Å²) >= 11 is 0. The minimum atomic E-state index is -4.37. The number of halogens is 3. The van der Waals surface area contributed by atoms with Crippen LogP contribution in [0.15, 0.2) is 30.5 Å².